The minimum Gasteiger partial charge on any atom is -0.389 e. The maximum atomic E-state index is 11.3. The average molecular weight is 264 g/mol. The van der Waals surface area contributed by atoms with Crippen LogP contribution in [0.25, 0.3) is 0 Å². The quantitative estimate of drug-likeness (QED) is 0.690. The molecular weight excluding hydrogens is 244 g/mol. The fourth-order valence-electron chi connectivity index (χ4n) is 1.55. The highest BCUT2D eigenvalue weighted by Gasteiger charge is 2.11. The molecule has 1 N–H and O–H groups in total. The lowest BCUT2D eigenvalue weighted by Gasteiger charge is -2.13. The number of benzene rings is 1. The molecule has 0 aliphatic carbocycles. The Bertz CT molecular complexity index is 386. The maximum absolute atomic E-state index is 11.3. The first kappa shape index (κ1) is 15.6. The molecule has 0 bridgehead atoms. The number of hydrogen-bond acceptors (Lipinski definition) is 4. The first-order valence-electron chi connectivity index (χ1n) is 6.20. The summed E-state index contributed by atoms with van der Waals surface area (Å²) in [4.78, 5) is 11.3. The average Bonchev–Trinajstić information content (AvgIpc) is 2.45. The van der Waals surface area contributed by atoms with Crippen molar-refractivity contribution >= 4 is 5.78 Å². The third-order valence-electron chi connectivity index (χ3n) is 2.53. The van der Waals surface area contributed by atoms with Crippen molar-refractivity contribution in [1.82, 2.24) is 0 Å². The predicted octanol–water partition coefficient (Wildman–Crippen LogP) is 1.73. The summed E-state index contributed by atoms with van der Waals surface area (Å²) in [6.07, 6.45) is 3.43. The third kappa shape index (κ3) is 6.86. The molecule has 0 aliphatic rings. The molecule has 0 spiro atoms. The Morgan fingerprint density at radius 1 is 1.37 bits per heavy atom. The summed E-state index contributed by atoms with van der Waals surface area (Å²) in [5.41, 5.74) is 1.05. The molecule has 1 rings (SSSR count). The molecule has 19 heavy (non-hydrogen) atoms. The highest BCUT2D eigenvalue weighted by Crippen LogP contribution is 2.08. The van der Waals surface area contributed by atoms with Crippen LogP contribution in [0.4, 0.5) is 0 Å². The second-order valence-corrected chi connectivity index (χ2v) is 4.12. The molecule has 4 heteroatoms. The van der Waals surface area contributed by atoms with E-state index in [9.17, 15) is 4.79 Å². The monoisotopic (exact) mass is 264 g/mol. The number of carbonyl (C=O) groups excluding carboxylic acids is 1. The molecule has 0 aromatic heterocycles. The van der Waals surface area contributed by atoms with Crippen molar-refractivity contribution in [2.45, 2.75) is 19.1 Å². The van der Waals surface area contributed by atoms with Crippen LogP contribution in [0.3, 0.4) is 0 Å². The van der Waals surface area contributed by atoms with Gasteiger partial charge in [0, 0.05) is 13.5 Å². The summed E-state index contributed by atoms with van der Waals surface area (Å²) in [7, 11) is 1.60. The van der Waals surface area contributed by atoms with Crippen molar-refractivity contribution in [2.24, 2.45) is 0 Å². The van der Waals surface area contributed by atoms with Crippen molar-refractivity contribution in [3.05, 3.63) is 48.0 Å². The summed E-state index contributed by atoms with van der Waals surface area (Å²) in [5, 5.41) is 8.79. The first-order chi connectivity index (χ1) is 9.26. The van der Waals surface area contributed by atoms with Gasteiger partial charge in [-0.05, 0) is 5.56 Å². The number of carbonyl (C=O) groups is 1. The van der Waals surface area contributed by atoms with Gasteiger partial charge in [0.05, 0.1) is 19.3 Å². The highest BCUT2D eigenvalue weighted by atomic mass is 16.5. The molecule has 0 fully saturated rings. The molecule has 104 valence electrons. The summed E-state index contributed by atoms with van der Waals surface area (Å²) in [6, 6.07) is 9.74. The second-order valence-electron chi connectivity index (χ2n) is 4.12. The normalized spacial score (nSPS) is 12.7. The van der Waals surface area contributed by atoms with Crippen LogP contribution >= 0.6 is 0 Å². The fraction of sp³-hybridized carbons (Fsp3) is 0.400. The van der Waals surface area contributed by atoms with E-state index in [2.05, 4.69) is 0 Å². The number of rotatable bonds is 9. The molecule has 1 aromatic carbocycles. The molecule has 0 amide bonds. The van der Waals surface area contributed by atoms with Crippen molar-refractivity contribution in [3.63, 3.8) is 0 Å². The van der Waals surface area contributed by atoms with Gasteiger partial charge in [-0.25, -0.2) is 0 Å². The van der Waals surface area contributed by atoms with Gasteiger partial charge in [-0.1, -0.05) is 42.5 Å². The number of aliphatic hydroxyl groups excluding tert-OH is 1. The fourth-order valence-corrected chi connectivity index (χ4v) is 1.55. The number of ketones is 1. The van der Waals surface area contributed by atoms with Gasteiger partial charge in [0.2, 0.25) is 0 Å². The predicted molar refractivity (Wildman–Crippen MR) is 72.7 cm³/mol. The summed E-state index contributed by atoms with van der Waals surface area (Å²) in [5.74, 6) is -0.236. The van der Waals surface area contributed by atoms with Gasteiger partial charge in [-0.3, -0.25) is 4.79 Å². The van der Waals surface area contributed by atoms with Gasteiger partial charge in [0.25, 0.3) is 0 Å². The van der Waals surface area contributed by atoms with E-state index in [0.29, 0.717) is 13.2 Å². The zero-order valence-electron chi connectivity index (χ0n) is 11.1. The van der Waals surface area contributed by atoms with E-state index in [1.807, 2.05) is 30.3 Å². The minimum absolute atomic E-state index is 0.170. The van der Waals surface area contributed by atoms with Crippen LogP contribution in [0, 0.1) is 0 Å². The Kier molecular flexibility index (Phi) is 7.74. The first-order valence-corrected chi connectivity index (χ1v) is 6.20. The van der Waals surface area contributed by atoms with Gasteiger partial charge in [0.1, 0.15) is 6.61 Å². The topological polar surface area (TPSA) is 55.8 Å². The van der Waals surface area contributed by atoms with Crippen LogP contribution in [0.1, 0.15) is 12.0 Å². The zero-order chi connectivity index (χ0) is 13.9. The lowest BCUT2D eigenvalue weighted by molar-refractivity contribution is -0.124. The van der Waals surface area contributed by atoms with E-state index in [-0.39, 0.29) is 18.3 Å². The van der Waals surface area contributed by atoms with E-state index in [4.69, 9.17) is 14.6 Å². The molecule has 4 nitrogen and oxygen atoms in total. The van der Waals surface area contributed by atoms with Gasteiger partial charge < -0.3 is 14.6 Å². The molecule has 1 atom stereocenters. The van der Waals surface area contributed by atoms with Crippen molar-refractivity contribution < 1.29 is 19.4 Å². The Hall–Kier alpha value is -1.49. The third-order valence-corrected chi connectivity index (χ3v) is 2.53. The lowest BCUT2D eigenvalue weighted by atomic mass is 10.1. The van der Waals surface area contributed by atoms with Crippen LogP contribution < -0.4 is 0 Å². The van der Waals surface area contributed by atoms with Crippen molar-refractivity contribution in [1.29, 1.82) is 0 Å². The van der Waals surface area contributed by atoms with Crippen LogP contribution in [-0.2, 0) is 20.9 Å². The molecule has 0 heterocycles. The van der Waals surface area contributed by atoms with E-state index in [1.165, 1.54) is 0 Å². The SMILES string of the molecule is COC/C=C/[C@H](CC(=O)CO)OCc1ccccc1. The van der Waals surface area contributed by atoms with Crippen LogP contribution in [0.15, 0.2) is 42.5 Å². The highest BCUT2D eigenvalue weighted by molar-refractivity contribution is 5.80. The summed E-state index contributed by atoms with van der Waals surface area (Å²) < 4.78 is 10.6. The Morgan fingerprint density at radius 2 is 2.11 bits per heavy atom. The van der Waals surface area contributed by atoms with Crippen molar-refractivity contribution in [3.8, 4) is 0 Å². The second kappa shape index (κ2) is 9.44. The molecule has 0 aliphatic heterocycles. The van der Waals surface area contributed by atoms with Gasteiger partial charge in [-0.2, -0.15) is 0 Å². The van der Waals surface area contributed by atoms with Gasteiger partial charge in [0.15, 0.2) is 5.78 Å². The van der Waals surface area contributed by atoms with Gasteiger partial charge in [-0.15, -0.1) is 0 Å². The largest absolute Gasteiger partial charge is 0.389 e. The van der Waals surface area contributed by atoms with Crippen LogP contribution in [0.2, 0.25) is 0 Å². The lowest BCUT2D eigenvalue weighted by Crippen LogP contribution is -2.18. The maximum Gasteiger partial charge on any atom is 0.161 e. The summed E-state index contributed by atoms with van der Waals surface area (Å²) in [6.45, 7) is 0.448. The standard InChI is InChI=1S/C15H20O4/c1-18-9-5-8-15(10-14(17)11-16)19-12-13-6-3-2-4-7-13/h2-8,15-16H,9-12H2,1H3/b8-5+/t15-/m1/s1. The smallest absolute Gasteiger partial charge is 0.161 e. The van der Waals surface area contributed by atoms with E-state index in [1.54, 1.807) is 19.3 Å². The van der Waals surface area contributed by atoms with Gasteiger partial charge >= 0.3 is 0 Å². The Balaban J connectivity index is 2.50. The number of Topliss-reactive ketones (excluding diaryl/α,β-unsaturated/α-hetero) is 1. The number of aliphatic hydroxyl groups is 1. The van der Waals surface area contributed by atoms with E-state index >= 15 is 0 Å². The van der Waals surface area contributed by atoms with Crippen molar-refractivity contribution in [2.75, 3.05) is 20.3 Å². The number of methoxy groups -OCH3 is 1. The number of ether oxygens (including phenoxy) is 2. The van der Waals surface area contributed by atoms with E-state index < -0.39 is 6.61 Å². The van der Waals surface area contributed by atoms with E-state index in [0.717, 1.165) is 5.56 Å². The Labute approximate surface area is 113 Å². The summed E-state index contributed by atoms with van der Waals surface area (Å²) >= 11 is 0. The molecule has 0 saturated heterocycles. The molecule has 0 radical (unpaired) electrons. The van der Waals surface area contributed by atoms with Crippen LogP contribution in [0.5, 0.6) is 0 Å². The molecule has 0 saturated carbocycles. The van der Waals surface area contributed by atoms with Crippen LogP contribution in [-0.4, -0.2) is 37.3 Å². The minimum atomic E-state index is -0.455. The molecular formula is C15H20O4. The number of hydrogen-bond donors (Lipinski definition) is 1. The molecule has 0 unspecified atom stereocenters. The zero-order valence-corrected chi connectivity index (χ0v) is 11.1. The molecule has 1 aromatic rings. The Morgan fingerprint density at radius 3 is 2.74 bits per heavy atom.